The zero-order valence-electron chi connectivity index (χ0n) is 18.2. The molecule has 1 saturated heterocycles. The molecular formula is C23H19F3N4O5. The summed E-state index contributed by atoms with van der Waals surface area (Å²) in [6.07, 6.45) is -4.02. The van der Waals surface area contributed by atoms with E-state index in [-0.39, 0.29) is 16.6 Å². The Morgan fingerprint density at radius 3 is 2.31 bits per heavy atom. The third-order valence-electron chi connectivity index (χ3n) is 5.66. The first-order valence-corrected chi connectivity index (χ1v) is 10.5. The predicted octanol–water partition coefficient (Wildman–Crippen LogP) is 3.67. The molecule has 2 heterocycles. The number of alkyl halides is 3. The van der Waals surface area contributed by atoms with Crippen LogP contribution < -0.4 is 4.90 Å². The molecule has 1 amide bonds. The summed E-state index contributed by atoms with van der Waals surface area (Å²) in [7, 11) is 0. The van der Waals surface area contributed by atoms with Crippen molar-refractivity contribution in [3.63, 3.8) is 0 Å². The number of pyridine rings is 1. The van der Waals surface area contributed by atoms with E-state index >= 15 is 0 Å². The fourth-order valence-corrected chi connectivity index (χ4v) is 3.90. The van der Waals surface area contributed by atoms with Crippen LogP contribution in [0.15, 0.2) is 54.7 Å². The van der Waals surface area contributed by atoms with Crippen molar-refractivity contribution in [2.45, 2.75) is 6.18 Å². The summed E-state index contributed by atoms with van der Waals surface area (Å²) >= 11 is 0. The highest BCUT2D eigenvalue weighted by Crippen LogP contribution is 2.37. The Morgan fingerprint density at radius 2 is 1.69 bits per heavy atom. The zero-order valence-corrected chi connectivity index (χ0v) is 18.2. The summed E-state index contributed by atoms with van der Waals surface area (Å²) in [6.45, 7) is 0.743. The number of rotatable bonds is 5. The fraction of sp³-hybridized carbons (Fsp3) is 0.261. The van der Waals surface area contributed by atoms with Gasteiger partial charge < -0.3 is 14.5 Å². The SMILES string of the molecule is O=C(OCC(=O)N1CCN(c2ccc([N+](=O)[O-])cc2)CC1)c1cnc2ccccc2c1C(F)(F)F. The van der Waals surface area contributed by atoms with Crippen molar-refractivity contribution in [3.05, 3.63) is 76.0 Å². The topological polar surface area (TPSA) is 106 Å². The molecular weight excluding hydrogens is 469 g/mol. The van der Waals surface area contributed by atoms with Gasteiger partial charge >= 0.3 is 12.1 Å². The first-order valence-electron chi connectivity index (χ1n) is 10.5. The number of hydrogen-bond donors (Lipinski definition) is 0. The molecule has 0 saturated carbocycles. The van der Waals surface area contributed by atoms with Gasteiger partial charge in [-0.3, -0.25) is 19.9 Å². The van der Waals surface area contributed by atoms with Crippen molar-refractivity contribution in [2.75, 3.05) is 37.7 Å². The molecule has 0 bridgehead atoms. The summed E-state index contributed by atoms with van der Waals surface area (Å²) < 4.78 is 46.1. The molecule has 35 heavy (non-hydrogen) atoms. The Hall–Kier alpha value is -4.22. The number of nitro groups is 1. The summed E-state index contributed by atoms with van der Waals surface area (Å²) in [5, 5.41) is 10.6. The van der Waals surface area contributed by atoms with E-state index in [2.05, 4.69) is 4.98 Å². The van der Waals surface area contributed by atoms with Gasteiger partial charge in [0, 0.05) is 55.6 Å². The minimum absolute atomic E-state index is 0.0281. The van der Waals surface area contributed by atoms with Crippen LogP contribution in [-0.4, -0.2) is 59.5 Å². The number of halogens is 3. The van der Waals surface area contributed by atoms with Crippen LogP contribution in [0, 0.1) is 10.1 Å². The summed E-state index contributed by atoms with van der Waals surface area (Å²) in [5.74, 6) is -1.82. The molecule has 0 radical (unpaired) electrons. The first-order chi connectivity index (χ1) is 16.6. The maximum Gasteiger partial charge on any atom is 0.417 e. The quantitative estimate of drug-likeness (QED) is 0.307. The molecule has 9 nitrogen and oxygen atoms in total. The number of non-ortho nitro benzene ring substituents is 1. The number of amides is 1. The number of para-hydroxylation sites is 1. The Morgan fingerprint density at radius 1 is 1.03 bits per heavy atom. The van der Waals surface area contributed by atoms with Crippen molar-refractivity contribution in [3.8, 4) is 0 Å². The number of aromatic nitrogens is 1. The van der Waals surface area contributed by atoms with Crippen LogP contribution in [0.3, 0.4) is 0 Å². The van der Waals surface area contributed by atoms with Gasteiger partial charge in [-0.05, 0) is 18.2 Å². The maximum absolute atomic E-state index is 13.7. The highest BCUT2D eigenvalue weighted by atomic mass is 19.4. The molecule has 1 aromatic heterocycles. The largest absolute Gasteiger partial charge is 0.452 e. The highest BCUT2D eigenvalue weighted by Gasteiger charge is 2.38. The molecule has 1 aliphatic rings. The normalized spacial score (nSPS) is 14.1. The second-order valence-electron chi connectivity index (χ2n) is 7.78. The van der Waals surface area contributed by atoms with Crippen molar-refractivity contribution in [1.82, 2.24) is 9.88 Å². The Labute approximate surface area is 196 Å². The minimum atomic E-state index is -4.82. The van der Waals surface area contributed by atoms with Gasteiger partial charge in [-0.1, -0.05) is 18.2 Å². The van der Waals surface area contributed by atoms with E-state index in [1.165, 1.54) is 41.3 Å². The number of ether oxygens (including phenoxy) is 1. The van der Waals surface area contributed by atoms with Crippen LogP contribution in [0.1, 0.15) is 15.9 Å². The van der Waals surface area contributed by atoms with Gasteiger partial charge in [0.1, 0.15) is 0 Å². The summed E-state index contributed by atoms with van der Waals surface area (Å²) in [5.41, 5.74) is -1.10. The van der Waals surface area contributed by atoms with Gasteiger partial charge in [-0.15, -0.1) is 0 Å². The molecule has 12 heteroatoms. The number of nitro benzene ring substituents is 1. The molecule has 0 N–H and O–H groups in total. The van der Waals surface area contributed by atoms with Crippen LogP contribution in [0.5, 0.6) is 0 Å². The number of benzene rings is 2. The molecule has 182 valence electrons. The van der Waals surface area contributed by atoms with E-state index in [0.29, 0.717) is 26.2 Å². The second-order valence-corrected chi connectivity index (χ2v) is 7.78. The van der Waals surface area contributed by atoms with Crippen LogP contribution in [0.25, 0.3) is 10.9 Å². The smallest absolute Gasteiger partial charge is 0.417 e. The molecule has 1 fully saturated rings. The monoisotopic (exact) mass is 488 g/mol. The fourth-order valence-electron chi connectivity index (χ4n) is 3.90. The molecule has 0 atom stereocenters. The molecule has 0 unspecified atom stereocenters. The van der Waals surface area contributed by atoms with Crippen LogP contribution in [0.4, 0.5) is 24.5 Å². The number of anilines is 1. The van der Waals surface area contributed by atoms with Crippen LogP contribution >= 0.6 is 0 Å². The third kappa shape index (κ3) is 5.15. The van der Waals surface area contributed by atoms with E-state index in [0.717, 1.165) is 11.9 Å². The van der Waals surface area contributed by atoms with E-state index in [9.17, 15) is 32.9 Å². The summed E-state index contributed by atoms with van der Waals surface area (Å²) in [4.78, 5) is 42.6. The van der Waals surface area contributed by atoms with E-state index in [1.807, 2.05) is 4.90 Å². The minimum Gasteiger partial charge on any atom is -0.452 e. The molecule has 0 spiro atoms. The molecule has 3 aromatic rings. The number of hydrogen-bond acceptors (Lipinski definition) is 7. The second kappa shape index (κ2) is 9.57. The van der Waals surface area contributed by atoms with Gasteiger partial charge in [0.05, 0.1) is 21.6 Å². The molecule has 4 rings (SSSR count). The van der Waals surface area contributed by atoms with Gasteiger partial charge in [-0.2, -0.15) is 13.2 Å². The lowest BCUT2D eigenvalue weighted by molar-refractivity contribution is -0.384. The predicted molar refractivity (Wildman–Crippen MR) is 119 cm³/mol. The molecule has 2 aromatic carbocycles. The average molecular weight is 488 g/mol. The number of carbonyl (C=O) groups excluding carboxylic acids is 2. The maximum atomic E-state index is 13.7. The number of carbonyl (C=O) groups is 2. The lowest BCUT2D eigenvalue weighted by Crippen LogP contribution is -2.49. The van der Waals surface area contributed by atoms with Gasteiger partial charge in [-0.25, -0.2) is 4.79 Å². The molecule has 0 aliphatic carbocycles. The van der Waals surface area contributed by atoms with Crippen molar-refractivity contribution >= 4 is 34.2 Å². The molecule has 1 aliphatic heterocycles. The van der Waals surface area contributed by atoms with Gasteiger partial charge in [0.2, 0.25) is 0 Å². The Kier molecular flexibility index (Phi) is 6.54. The lowest BCUT2D eigenvalue weighted by atomic mass is 10.0. The zero-order chi connectivity index (χ0) is 25.2. The van der Waals surface area contributed by atoms with Crippen molar-refractivity contribution in [2.24, 2.45) is 0 Å². The number of esters is 1. The van der Waals surface area contributed by atoms with Gasteiger partial charge in [0.25, 0.3) is 11.6 Å². The van der Waals surface area contributed by atoms with Crippen LogP contribution in [0.2, 0.25) is 0 Å². The standard InChI is InChI=1S/C23H19F3N4O5/c24-23(25,26)21-17-3-1-2-4-19(17)27-13-18(21)22(32)35-14-20(31)29-11-9-28(10-12-29)15-5-7-16(8-6-15)30(33)34/h1-8,13H,9-12,14H2. The first kappa shape index (κ1) is 23.9. The summed E-state index contributed by atoms with van der Waals surface area (Å²) in [6, 6.07) is 11.6. The Bertz CT molecular complexity index is 1270. The number of fused-ring (bicyclic) bond motifs is 1. The van der Waals surface area contributed by atoms with E-state index < -0.39 is 40.7 Å². The number of nitrogens with zero attached hydrogens (tertiary/aromatic N) is 4. The third-order valence-corrected chi connectivity index (χ3v) is 5.66. The van der Waals surface area contributed by atoms with Crippen molar-refractivity contribution in [1.29, 1.82) is 0 Å². The highest BCUT2D eigenvalue weighted by molar-refractivity contribution is 5.98. The lowest BCUT2D eigenvalue weighted by Gasteiger charge is -2.36. The van der Waals surface area contributed by atoms with Crippen molar-refractivity contribution < 1.29 is 32.4 Å². The number of piperazine rings is 1. The van der Waals surface area contributed by atoms with Crippen LogP contribution in [-0.2, 0) is 15.7 Å². The van der Waals surface area contributed by atoms with E-state index in [4.69, 9.17) is 4.74 Å². The van der Waals surface area contributed by atoms with Gasteiger partial charge in [0.15, 0.2) is 6.61 Å². The Balaban J connectivity index is 1.38. The van der Waals surface area contributed by atoms with E-state index in [1.54, 1.807) is 12.1 Å². The average Bonchev–Trinajstić information content (AvgIpc) is 2.86.